The van der Waals surface area contributed by atoms with Gasteiger partial charge in [0.15, 0.2) is 0 Å². The first-order chi connectivity index (χ1) is 11.3. The lowest BCUT2D eigenvalue weighted by molar-refractivity contribution is 0.0706. The summed E-state index contributed by atoms with van der Waals surface area (Å²) in [6.07, 6.45) is 8.34. The molecule has 1 aromatic carbocycles. The standard InChI is InChI=1S/C18H16N4O/c23-18-13(5-6-15-14(18)7-19-9-21-15)17-12-4-2-1-3-11(12)16-8-20-10-22(16)17/h1-4,7-10,13,17-18,23H,5-6H2/t13-,17-,18+/m0/s1. The van der Waals surface area contributed by atoms with E-state index < -0.39 is 6.10 Å². The lowest BCUT2D eigenvalue weighted by atomic mass is 9.78. The molecule has 3 atom stereocenters. The van der Waals surface area contributed by atoms with Crippen LogP contribution in [0.25, 0.3) is 11.3 Å². The molecule has 5 rings (SSSR count). The number of aryl methyl sites for hydroxylation is 1. The van der Waals surface area contributed by atoms with Gasteiger partial charge in [0, 0.05) is 28.9 Å². The summed E-state index contributed by atoms with van der Waals surface area (Å²) in [6, 6.07) is 8.54. The lowest BCUT2D eigenvalue weighted by Crippen LogP contribution is -2.29. The van der Waals surface area contributed by atoms with Crippen LogP contribution < -0.4 is 0 Å². The molecule has 2 aliphatic rings. The number of aliphatic hydroxyl groups excluding tert-OH is 1. The Morgan fingerprint density at radius 1 is 1.09 bits per heavy atom. The van der Waals surface area contributed by atoms with Crippen molar-refractivity contribution < 1.29 is 5.11 Å². The average Bonchev–Trinajstić information content (AvgIpc) is 3.17. The van der Waals surface area contributed by atoms with Gasteiger partial charge in [0.2, 0.25) is 0 Å². The topological polar surface area (TPSA) is 63.8 Å². The summed E-state index contributed by atoms with van der Waals surface area (Å²) in [6.45, 7) is 0. The van der Waals surface area contributed by atoms with Crippen molar-refractivity contribution in [2.75, 3.05) is 0 Å². The fourth-order valence-corrected chi connectivity index (χ4v) is 4.15. The molecule has 23 heavy (non-hydrogen) atoms. The molecule has 5 nitrogen and oxygen atoms in total. The normalized spacial score (nSPS) is 24.8. The molecule has 0 radical (unpaired) electrons. The second kappa shape index (κ2) is 4.73. The van der Waals surface area contributed by atoms with Crippen LogP contribution in [0.4, 0.5) is 0 Å². The number of hydrogen-bond donors (Lipinski definition) is 1. The van der Waals surface area contributed by atoms with Gasteiger partial charge in [-0.15, -0.1) is 0 Å². The molecule has 3 aromatic rings. The summed E-state index contributed by atoms with van der Waals surface area (Å²) in [4.78, 5) is 12.7. The van der Waals surface area contributed by atoms with Crippen LogP contribution in [0.3, 0.4) is 0 Å². The number of rotatable bonds is 1. The highest BCUT2D eigenvalue weighted by molar-refractivity contribution is 5.69. The van der Waals surface area contributed by atoms with Crippen molar-refractivity contribution in [3.05, 3.63) is 66.1 Å². The van der Waals surface area contributed by atoms with Gasteiger partial charge in [-0.05, 0) is 18.4 Å². The zero-order valence-corrected chi connectivity index (χ0v) is 12.5. The molecule has 1 N–H and O–H groups in total. The number of benzene rings is 1. The first-order valence-corrected chi connectivity index (χ1v) is 7.92. The van der Waals surface area contributed by atoms with E-state index in [1.165, 1.54) is 11.1 Å². The van der Waals surface area contributed by atoms with Crippen molar-refractivity contribution in [2.45, 2.75) is 25.0 Å². The van der Waals surface area contributed by atoms with Crippen molar-refractivity contribution in [1.82, 2.24) is 19.5 Å². The highest BCUT2D eigenvalue weighted by Crippen LogP contribution is 2.49. The predicted octanol–water partition coefficient (Wildman–Crippen LogP) is 2.54. The first kappa shape index (κ1) is 13.0. The van der Waals surface area contributed by atoms with Gasteiger partial charge < -0.3 is 9.67 Å². The van der Waals surface area contributed by atoms with E-state index >= 15 is 0 Å². The molecule has 3 heterocycles. The maximum Gasteiger partial charge on any atom is 0.115 e. The molecule has 0 amide bonds. The van der Waals surface area contributed by atoms with E-state index in [-0.39, 0.29) is 12.0 Å². The van der Waals surface area contributed by atoms with Gasteiger partial charge in [-0.25, -0.2) is 15.0 Å². The molecule has 1 aliphatic carbocycles. The van der Waals surface area contributed by atoms with Gasteiger partial charge in [-0.3, -0.25) is 0 Å². The van der Waals surface area contributed by atoms with Crippen molar-refractivity contribution in [3.8, 4) is 11.3 Å². The highest BCUT2D eigenvalue weighted by Gasteiger charge is 2.40. The third kappa shape index (κ3) is 1.74. The molecule has 0 saturated heterocycles. The molecule has 1 aliphatic heterocycles. The van der Waals surface area contributed by atoms with Crippen LogP contribution >= 0.6 is 0 Å². The fourth-order valence-electron chi connectivity index (χ4n) is 4.15. The van der Waals surface area contributed by atoms with Gasteiger partial charge in [0.25, 0.3) is 0 Å². The Balaban J connectivity index is 1.64. The van der Waals surface area contributed by atoms with Crippen LogP contribution in [-0.2, 0) is 6.42 Å². The number of aromatic nitrogens is 4. The summed E-state index contributed by atoms with van der Waals surface area (Å²) < 4.78 is 2.20. The molecule has 0 spiro atoms. The molecule has 114 valence electrons. The quantitative estimate of drug-likeness (QED) is 0.750. The van der Waals surface area contributed by atoms with Gasteiger partial charge in [-0.2, -0.15) is 0 Å². The number of aliphatic hydroxyl groups is 1. The molecule has 5 heteroatoms. The Bertz CT molecular complexity index is 888. The monoisotopic (exact) mass is 304 g/mol. The van der Waals surface area contributed by atoms with Crippen LogP contribution in [0, 0.1) is 5.92 Å². The van der Waals surface area contributed by atoms with Crippen molar-refractivity contribution in [1.29, 1.82) is 0 Å². The Hall–Kier alpha value is -2.53. The van der Waals surface area contributed by atoms with Crippen molar-refractivity contribution in [3.63, 3.8) is 0 Å². The molecule has 0 unspecified atom stereocenters. The summed E-state index contributed by atoms with van der Waals surface area (Å²) in [5.41, 5.74) is 5.47. The van der Waals surface area contributed by atoms with E-state index in [4.69, 9.17) is 0 Å². The van der Waals surface area contributed by atoms with Crippen LogP contribution in [0.15, 0.2) is 49.3 Å². The van der Waals surface area contributed by atoms with Gasteiger partial charge >= 0.3 is 0 Å². The van der Waals surface area contributed by atoms with Crippen LogP contribution in [-0.4, -0.2) is 24.6 Å². The third-order valence-electron chi connectivity index (χ3n) is 5.19. The number of hydrogen-bond acceptors (Lipinski definition) is 4. The minimum atomic E-state index is -0.550. The Kier molecular flexibility index (Phi) is 2.67. The van der Waals surface area contributed by atoms with E-state index in [1.54, 1.807) is 12.5 Å². The second-order valence-electron chi connectivity index (χ2n) is 6.29. The Morgan fingerprint density at radius 2 is 2.00 bits per heavy atom. The minimum absolute atomic E-state index is 0.102. The van der Waals surface area contributed by atoms with E-state index in [0.717, 1.165) is 29.8 Å². The number of imidazole rings is 1. The molecule has 2 aromatic heterocycles. The maximum atomic E-state index is 11.0. The van der Waals surface area contributed by atoms with E-state index in [0.29, 0.717) is 0 Å². The third-order valence-corrected chi connectivity index (χ3v) is 5.19. The van der Waals surface area contributed by atoms with Gasteiger partial charge in [0.1, 0.15) is 6.33 Å². The lowest BCUT2D eigenvalue weighted by Gasteiger charge is -2.34. The molecular weight excluding hydrogens is 288 g/mol. The maximum absolute atomic E-state index is 11.0. The molecule has 0 fully saturated rings. The number of fused-ring (bicyclic) bond motifs is 4. The molecule has 0 bridgehead atoms. The smallest absolute Gasteiger partial charge is 0.115 e. The SMILES string of the molecule is O[C@H]1c2cncnc2CC[C@H]1[C@@H]1c2ccccc2-c2cncn21. The van der Waals surface area contributed by atoms with E-state index in [1.807, 2.05) is 12.5 Å². The van der Waals surface area contributed by atoms with Crippen molar-refractivity contribution in [2.24, 2.45) is 5.92 Å². The van der Waals surface area contributed by atoms with Gasteiger partial charge in [-0.1, -0.05) is 24.3 Å². The highest BCUT2D eigenvalue weighted by atomic mass is 16.3. The van der Waals surface area contributed by atoms with Crippen LogP contribution in [0.2, 0.25) is 0 Å². The largest absolute Gasteiger partial charge is 0.388 e. The Morgan fingerprint density at radius 3 is 2.96 bits per heavy atom. The van der Waals surface area contributed by atoms with Crippen LogP contribution in [0.5, 0.6) is 0 Å². The number of nitrogens with zero attached hydrogens (tertiary/aromatic N) is 4. The van der Waals surface area contributed by atoms with E-state index in [2.05, 4.69) is 43.8 Å². The summed E-state index contributed by atoms with van der Waals surface area (Å²) in [5, 5.41) is 11.0. The predicted molar refractivity (Wildman–Crippen MR) is 84.6 cm³/mol. The van der Waals surface area contributed by atoms with Crippen molar-refractivity contribution >= 4 is 0 Å². The first-order valence-electron chi connectivity index (χ1n) is 7.92. The summed E-state index contributed by atoms with van der Waals surface area (Å²) >= 11 is 0. The zero-order chi connectivity index (χ0) is 15.4. The molecular formula is C18H16N4O. The summed E-state index contributed by atoms with van der Waals surface area (Å²) in [7, 11) is 0. The summed E-state index contributed by atoms with van der Waals surface area (Å²) in [5.74, 6) is 0.102. The second-order valence-corrected chi connectivity index (χ2v) is 6.29. The van der Waals surface area contributed by atoms with E-state index in [9.17, 15) is 5.11 Å². The fraction of sp³-hybridized carbons (Fsp3) is 0.278. The zero-order valence-electron chi connectivity index (χ0n) is 12.5. The minimum Gasteiger partial charge on any atom is -0.388 e. The van der Waals surface area contributed by atoms with Gasteiger partial charge in [0.05, 0.1) is 30.4 Å². The average molecular weight is 304 g/mol. The Labute approximate surface area is 133 Å². The molecule has 0 saturated carbocycles. The van der Waals surface area contributed by atoms with Crippen LogP contribution in [0.1, 0.15) is 35.4 Å².